The number of esters is 1. The zero-order valence-corrected chi connectivity index (χ0v) is 24.4. The predicted octanol–water partition coefficient (Wildman–Crippen LogP) is 4.42. The van der Waals surface area contributed by atoms with Crippen molar-refractivity contribution in [2.75, 3.05) is 5.75 Å². The van der Waals surface area contributed by atoms with Crippen LogP contribution in [0.5, 0.6) is 0 Å². The third-order valence-electron chi connectivity index (χ3n) is 6.94. The van der Waals surface area contributed by atoms with Crippen molar-refractivity contribution >= 4 is 29.6 Å². The van der Waals surface area contributed by atoms with Gasteiger partial charge in [0.2, 0.25) is 0 Å². The van der Waals surface area contributed by atoms with E-state index in [1.807, 2.05) is 55.5 Å². The number of carboxylic acid groups (broad SMARTS) is 1. The Morgan fingerprint density at radius 1 is 1.02 bits per heavy atom. The van der Waals surface area contributed by atoms with Crippen molar-refractivity contribution in [1.29, 1.82) is 0 Å². The van der Waals surface area contributed by atoms with Crippen LogP contribution in [0.15, 0.2) is 71.9 Å². The highest BCUT2D eigenvalue weighted by atomic mass is 32.2. The van der Waals surface area contributed by atoms with Crippen molar-refractivity contribution < 1.29 is 38.8 Å². The first-order valence-corrected chi connectivity index (χ1v) is 14.5. The number of amides is 1. The number of carbonyl (C=O) groups is 3. The minimum Gasteiger partial charge on any atom is -0.478 e. The molecule has 0 unspecified atom stereocenters. The first kappa shape index (κ1) is 31.2. The minimum atomic E-state index is -1.04. The molecule has 5 atom stereocenters. The van der Waals surface area contributed by atoms with Crippen molar-refractivity contribution in [3.8, 4) is 0 Å². The number of nitrogens with zero attached hydrogens (tertiary/aromatic N) is 1. The Morgan fingerprint density at radius 3 is 2.33 bits per heavy atom. The van der Waals surface area contributed by atoms with Crippen molar-refractivity contribution in [3.63, 3.8) is 0 Å². The lowest BCUT2D eigenvalue weighted by molar-refractivity contribution is -0.268. The Balaban J connectivity index is 1.51. The van der Waals surface area contributed by atoms with E-state index in [0.29, 0.717) is 10.8 Å². The van der Waals surface area contributed by atoms with E-state index in [-0.39, 0.29) is 36.8 Å². The molecule has 0 radical (unpaired) electrons. The van der Waals surface area contributed by atoms with Gasteiger partial charge in [-0.15, -0.1) is 11.8 Å². The molecule has 0 bridgehead atoms. The molecule has 1 amide bonds. The third kappa shape index (κ3) is 7.95. The Hall–Kier alpha value is -3.77. The maximum Gasteiger partial charge on any atom is 0.338 e. The van der Waals surface area contributed by atoms with Gasteiger partial charge in [0, 0.05) is 36.9 Å². The third-order valence-corrected chi connectivity index (χ3v) is 8.03. The lowest BCUT2D eigenvalue weighted by Crippen LogP contribution is -2.38. The summed E-state index contributed by atoms with van der Waals surface area (Å²) in [5.74, 6) is -1.58. The molecule has 222 valence electrons. The number of aromatic nitrogens is 1. The molecule has 11 heteroatoms. The number of aromatic carboxylic acids is 1. The first-order chi connectivity index (χ1) is 20.2. The monoisotopic (exact) mass is 594 g/mol. The summed E-state index contributed by atoms with van der Waals surface area (Å²) in [6, 6.07) is 18.2. The molecule has 1 aromatic heterocycles. The van der Waals surface area contributed by atoms with E-state index < -0.39 is 30.2 Å². The van der Waals surface area contributed by atoms with Crippen LogP contribution >= 0.6 is 11.8 Å². The van der Waals surface area contributed by atoms with Crippen LogP contribution in [-0.2, 0) is 37.0 Å². The van der Waals surface area contributed by atoms with Gasteiger partial charge in [-0.1, -0.05) is 55.5 Å². The molecule has 1 saturated heterocycles. The zero-order valence-electron chi connectivity index (χ0n) is 23.6. The lowest BCUT2D eigenvalue weighted by atomic mass is 9.91. The van der Waals surface area contributed by atoms with Crippen molar-refractivity contribution in [3.05, 3.63) is 94.7 Å². The Labute approximate surface area is 248 Å². The first-order valence-electron chi connectivity index (χ1n) is 13.5. The van der Waals surface area contributed by atoms with E-state index in [1.54, 1.807) is 12.3 Å². The summed E-state index contributed by atoms with van der Waals surface area (Å²) in [5.41, 5.74) is 3.49. The molecule has 10 nitrogen and oxygen atoms in total. The van der Waals surface area contributed by atoms with Gasteiger partial charge in [-0.2, -0.15) is 0 Å². The van der Waals surface area contributed by atoms with Gasteiger partial charge < -0.3 is 29.7 Å². The molecule has 1 fully saturated rings. The number of benzene rings is 2. The number of rotatable bonds is 11. The van der Waals surface area contributed by atoms with Crippen LogP contribution in [0, 0.1) is 5.92 Å². The highest BCUT2D eigenvalue weighted by Gasteiger charge is 2.38. The summed E-state index contributed by atoms with van der Waals surface area (Å²) < 4.78 is 17.8. The van der Waals surface area contributed by atoms with Crippen LogP contribution < -0.4 is 5.32 Å². The second-order valence-corrected chi connectivity index (χ2v) is 11.0. The minimum absolute atomic E-state index is 0.0577. The Morgan fingerprint density at radius 2 is 1.69 bits per heavy atom. The molecule has 42 heavy (non-hydrogen) atoms. The normalized spacial score (nSPS) is 20.9. The highest BCUT2D eigenvalue weighted by molar-refractivity contribution is 7.99. The number of aliphatic hydroxyl groups is 1. The molecule has 0 saturated carbocycles. The highest BCUT2D eigenvalue weighted by Crippen LogP contribution is 2.43. The standard InChI is InChI=1S/C31H34N2O8S/c1-18-26(17-42-29-25(30(37)38)5-4-14-32-29)40-31(41-27(18)23-10-8-22(16-34)9-11-23)24-12-6-21(7-13-24)15-33-28(36)19(2)39-20(3)35/h4-14,18-19,26-27,31,34H,15-17H2,1-3H3,(H,33,36)(H,37,38)/t18-,19+,26+,27+,31+/m1/s1. The lowest BCUT2D eigenvalue weighted by Gasteiger charge is -2.41. The molecule has 0 spiro atoms. The molecule has 1 aliphatic rings. The summed E-state index contributed by atoms with van der Waals surface area (Å²) in [6.07, 6.45) is -0.653. The van der Waals surface area contributed by atoms with Crippen LogP contribution in [-0.4, -0.2) is 51.0 Å². The fourth-order valence-corrected chi connectivity index (χ4v) is 5.72. The molecule has 1 aliphatic heterocycles. The van der Waals surface area contributed by atoms with Gasteiger partial charge in [-0.3, -0.25) is 9.59 Å². The van der Waals surface area contributed by atoms with Crippen molar-refractivity contribution in [2.24, 2.45) is 5.92 Å². The summed E-state index contributed by atoms with van der Waals surface area (Å²) in [6.45, 7) is 4.99. The Bertz CT molecular complexity index is 1380. The number of carboxylic acids is 1. The maximum absolute atomic E-state index is 12.2. The van der Waals surface area contributed by atoms with Crippen molar-refractivity contribution in [2.45, 2.75) is 63.6 Å². The van der Waals surface area contributed by atoms with Gasteiger partial charge in [0.05, 0.1) is 24.4 Å². The quantitative estimate of drug-likeness (QED) is 0.215. The number of hydrogen-bond donors (Lipinski definition) is 3. The largest absolute Gasteiger partial charge is 0.478 e. The fourth-order valence-electron chi connectivity index (χ4n) is 4.57. The number of hydrogen-bond acceptors (Lipinski definition) is 9. The fraction of sp³-hybridized carbons (Fsp3) is 0.355. The molecule has 2 aromatic carbocycles. The molecule has 3 N–H and O–H groups in total. The summed E-state index contributed by atoms with van der Waals surface area (Å²) in [5, 5.41) is 22.2. The average molecular weight is 595 g/mol. The van der Waals surface area contributed by atoms with Crippen LogP contribution in [0.4, 0.5) is 0 Å². The molecule has 3 aromatic rings. The number of aliphatic hydroxyl groups excluding tert-OH is 1. The number of ether oxygens (including phenoxy) is 3. The second kappa shape index (κ2) is 14.4. The molecule has 2 heterocycles. The summed E-state index contributed by atoms with van der Waals surface area (Å²) in [4.78, 5) is 39.2. The maximum atomic E-state index is 12.2. The topological polar surface area (TPSA) is 144 Å². The second-order valence-electron chi connectivity index (χ2n) is 10.0. The number of carbonyl (C=O) groups excluding carboxylic acids is 2. The smallest absolute Gasteiger partial charge is 0.338 e. The van der Waals surface area contributed by atoms with Gasteiger partial charge in [-0.05, 0) is 35.7 Å². The zero-order chi connectivity index (χ0) is 30.2. The molecule has 0 aliphatic carbocycles. The van der Waals surface area contributed by atoms with Gasteiger partial charge in [0.25, 0.3) is 5.91 Å². The van der Waals surface area contributed by atoms with Gasteiger partial charge in [0.15, 0.2) is 12.4 Å². The van der Waals surface area contributed by atoms with Gasteiger partial charge in [-0.25, -0.2) is 9.78 Å². The summed E-state index contributed by atoms with van der Waals surface area (Å²) in [7, 11) is 0. The number of thioether (sulfide) groups is 1. The van der Waals surface area contributed by atoms with E-state index in [4.69, 9.17) is 14.2 Å². The van der Waals surface area contributed by atoms with Gasteiger partial charge >= 0.3 is 11.9 Å². The molecule has 4 rings (SSSR count). The molecular formula is C31H34N2O8S. The van der Waals surface area contributed by atoms with E-state index in [1.165, 1.54) is 31.7 Å². The summed E-state index contributed by atoms with van der Waals surface area (Å²) >= 11 is 1.33. The van der Waals surface area contributed by atoms with E-state index >= 15 is 0 Å². The molecular weight excluding hydrogens is 560 g/mol. The number of nitrogens with one attached hydrogen (secondary N) is 1. The Kier molecular flexibility index (Phi) is 10.7. The SMILES string of the molecule is CC(=O)O[C@@H](C)C(=O)NCc1ccc([C@H]2O[C@@H](CSc3ncccc3C(=O)O)[C@@H](C)[C@@H](c3ccc(CO)cc3)O2)cc1. The predicted molar refractivity (Wildman–Crippen MR) is 154 cm³/mol. The van der Waals surface area contributed by atoms with E-state index in [2.05, 4.69) is 10.3 Å². The van der Waals surface area contributed by atoms with Crippen LogP contribution in [0.1, 0.15) is 65.8 Å². The van der Waals surface area contributed by atoms with E-state index in [0.717, 1.165) is 22.3 Å². The van der Waals surface area contributed by atoms with Crippen molar-refractivity contribution in [1.82, 2.24) is 10.3 Å². The van der Waals surface area contributed by atoms with Crippen LogP contribution in [0.2, 0.25) is 0 Å². The van der Waals surface area contributed by atoms with Gasteiger partial charge in [0.1, 0.15) is 5.03 Å². The van der Waals surface area contributed by atoms with Crippen LogP contribution in [0.25, 0.3) is 0 Å². The number of pyridine rings is 1. The average Bonchev–Trinajstić information content (AvgIpc) is 2.99. The van der Waals surface area contributed by atoms with E-state index in [9.17, 15) is 24.6 Å². The van der Waals surface area contributed by atoms with Crippen LogP contribution in [0.3, 0.4) is 0 Å².